The van der Waals surface area contributed by atoms with Crippen LogP contribution >= 0.6 is 0 Å². The number of rotatable bonds is 2. The lowest BCUT2D eigenvalue weighted by Crippen LogP contribution is -1.87. The van der Waals surface area contributed by atoms with Crippen molar-refractivity contribution in [3.8, 4) is 0 Å². The summed E-state index contributed by atoms with van der Waals surface area (Å²) in [5.74, 6) is 0. The molecule has 0 heterocycles. The molecule has 74 valence electrons. The lowest BCUT2D eigenvalue weighted by atomic mass is 9.99. The second-order valence-corrected chi connectivity index (χ2v) is 2.91. The number of hydrogen-bond acceptors (Lipinski definition) is 0. The van der Waals surface area contributed by atoms with E-state index in [4.69, 9.17) is 0 Å². The Morgan fingerprint density at radius 1 is 1.15 bits per heavy atom. The molecular weight excluding hydrogens is 156 g/mol. The van der Waals surface area contributed by atoms with E-state index in [0.717, 1.165) is 0 Å². The first-order valence-corrected chi connectivity index (χ1v) is 5.42. The minimum absolute atomic E-state index is 1.27. The van der Waals surface area contributed by atoms with Crippen molar-refractivity contribution >= 4 is 0 Å². The topological polar surface area (TPSA) is 0 Å². The molecule has 0 saturated carbocycles. The van der Waals surface area contributed by atoms with Gasteiger partial charge in [-0.3, -0.25) is 0 Å². The Balaban J connectivity index is 0.000000671. The maximum atomic E-state index is 2.35. The fraction of sp³-hybridized carbons (Fsp3) is 0.538. The summed E-state index contributed by atoms with van der Waals surface area (Å²) in [4.78, 5) is 0. The molecule has 0 aromatic rings. The van der Waals surface area contributed by atoms with Gasteiger partial charge in [0.05, 0.1) is 0 Å². The highest BCUT2D eigenvalue weighted by molar-refractivity contribution is 5.23. The summed E-state index contributed by atoms with van der Waals surface area (Å²) in [5.41, 5.74) is 1.51. The molecule has 1 rings (SSSR count). The SMILES string of the molecule is C/C=C\C=C/C1=CCCCC1.CC. The zero-order valence-corrected chi connectivity index (χ0v) is 9.22. The molecule has 0 radical (unpaired) electrons. The maximum absolute atomic E-state index is 2.35. The van der Waals surface area contributed by atoms with Crippen LogP contribution < -0.4 is 0 Å². The summed E-state index contributed by atoms with van der Waals surface area (Å²) in [6.07, 6.45) is 16.1. The fourth-order valence-electron chi connectivity index (χ4n) is 1.30. The molecule has 0 saturated heterocycles. The predicted octanol–water partition coefficient (Wildman–Crippen LogP) is 4.65. The molecule has 0 aromatic heterocycles. The van der Waals surface area contributed by atoms with Crippen LogP contribution in [0.25, 0.3) is 0 Å². The minimum Gasteiger partial charge on any atom is -0.0877 e. The standard InChI is InChI=1S/C11H16.C2H6/c1-2-3-5-8-11-9-6-4-7-10-11;1-2/h2-3,5,8-9H,4,6-7,10H2,1H3;1-2H3/b3-2-,8-5-;. The van der Waals surface area contributed by atoms with E-state index in [1.807, 2.05) is 20.8 Å². The molecule has 0 fully saturated rings. The third kappa shape index (κ3) is 6.39. The van der Waals surface area contributed by atoms with E-state index >= 15 is 0 Å². The van der Waals surface area contributed by atoms with Crippen LogP contribution in [-0.4, -0.2) is 0 Å². The molecule has 0 unspecified atom stereocenters. The van der Waals surface area contributed by atoms with Crippen LogP contribution in [0.4, 0.5) is 0 Å². The van der Waals surface area contributed by atoms with Gasteiger partial charge in [-0.25, -0.2) is 0 Å². The van der Waals surface area contributed by atoms with Gasteiger partial charge in [-0.1, -0.05) is 49.8 Å². The van der Waals surface area contributed by atoms with Crippen molar-refractivity contribution < 1.29 is 0 Å². The molecule has 0 amide bonds. The van der Waals surface area contributed by atoms with Crippen LogP contribution in [0.3, 0.4) is 0 Å². The van der Waals surface area contributed by atoms with E-state index in [1.54, 1.807) is 0 Å². The molecule has 0 nitrogen and oxygen atoms in total. The van der Waals surface area contributed by atoms with E-state index in [1.165, 1.54) is 31.3 Å². The van der Waals surface area contributed by atoms with Gasteiger partial charge >= 0.3 is 0 Å². The predicted molar refractivity (Wildman–Crippen MR) is 61.9 cm³/mol. The minimum atomic E-state index is 1.27. The Morgan fingerprint density at radius 3 is 2.46 bits per heavy atom. The van der Waals surface area contributed by atoms with Crippen LogP contribution in [0.1, 0.15) is 46.5 Å². The van der Waals surface area contributed by atoms with Crippen molar-refractivity contribution in [3.05, 3.63) is 36.0 Å². The van der Waals surface area contributed by atoms with Gasteiger partial charge < -0.3 is 0 Å². The van der Waals surface area contributed by atoms with Gasteiger partial charge in [-0.2, -0.15) is 0 Å². The van der Waals surface area contributed by atoms with Gasteiger partial charge in [-0.15, -0.1) is 0 Å². The molecule has 0 atom stereocenters. The van der Waals surface area contributed by atoms with Gasteiger partial charge in [-0.05, 0) is 32.6 Å². The van der Waals surface area contributed by atoms with Crippen LogP contribution in [-0.2, 0) is 0 Å². The summed E-state index contributed by atoms with van der Waals surface area (Å²) in [7, 11) is 0. The largest absolute Gasteiger partial charge is 0.0877 e. The van der Waals surface area contributed by atoms with Crippen LogP contribution in [0.2, 0.25) is 0 Å². The zero-order chi connectivity index (χ0) is 9.94. The van der Waals surface area contributed by atoms with E-state index in [9.17, 15) is 0 Å². The summed E-state index contributed by atoms with van der Waals surface area (Å²) in [5, 5.41) is 0. The quantitative estimate of drug-likeness (QED) is 0.540. The molecule has 0 spiro atoms. The Labute approximate surface area is 83.0 Å². The average molecular weight is 178 g/mol. The second kappa shape index (κ2) is 9.31. The first-order chi connectivity index (χ1) is 6.43. The van der Waals surface area contributed by atoms with Gasteiger partial charge in [0.2, 0.25) is 0 Å². The Hall–Kier alpha value is -0.780. The molecular formula is C13H22. The Bertz CT molecular complexity index is 182. The molecule has 0 bridgehead atoms. The summed E-state index contributed by atoms with van der Waals surface area (Å²) in [6.45, 7) is 6.04. The first kappa shape index (κ1) is 12.2. The van der Waals surface area contributed by atoms with Gasteiger partial charge in [0.15, 0.2) is 0 Å². The third-order valence-electron chi connectivity index (χ3n) is 1.94. The Kier molecular flexibility index (Phi) is 8.75. The smallest absolute Gasteiger partial charge is 0.0282 e. The van der Waals surface area contributed by atoms with Crippen molar-refractivity contribution in [2.45, 2.75) is 46.5 Å². The summed E-state index contributed by atoms with van der Waals surface area (Å²) in [6, 6.07) is 0. The third-order valence-corrected chi connectivity index (χ3v) is 1.94. The van der Waals surface area contributed by atoms with E-state index in [-0.39, 0.29) is 0 Å². The van der Waals surface area contributed by atoms with Gasteiger partial charge in [0, 0.05) is 0 Å². The van der Waals surface area contributed by atoms with Crippen molar-refractivity contribution in [3.63, 3.8) is 0 Å². The molecule has 0 heteroatoms. The highest BCUT2D eigenvalue weighted by Crippen LogP contribution is 2.17. The first-order valence-electron chi connectivity index (χ1n) is 5.42. The normalized spacial score (nSPS) is 17.0. The zero-order valence-electron chi connectivity index (χ0n) is 9.22. The highest BCUT2D eigenvalue weighted by Gasteiger charge is 1.98. The average Bonchev–Trinajstić information content (AvgIpc) is 2.23. The molecule has 0 aromatic carbocycles. The van der Waals surface area contributed by atoms with Crippen molar-refractivity contribution in [1.29, 1.82) is 0 Å². The fourth-order valence-corrected chi connectivity index (χ4v) is 1.30. The lowest BCUT2D eigenvalue weighted by Gasteiger charge is -2.07. The van der Waals surface area contributed by atoms with E-state index in [2.05, 4.69) is 30.4 Å². The summed E-state index contributed by atoms with van der Waals surface area (Å²) < 4.78 is 0. The highest BCUT2D eigenvalue weighted by atomic mass is 14.0. The molecule has 0 N–H and O–H groups in total. The van der Waals surface area contributed by atoms with Gasteiger partial charge in [0.1, 0.15) is 0 Å². The monoisotopic (exact) mass is 178 g/mol. The van der Waals surface area contributed by atoms with Crippen molar-refractivity contribution in [2.75, 3.05) is 0 Å². The molecule has 1 aliphatic carbocycles. The lowest BCUT2D eigenvalue weighted by molar-refractivity contribution is 0.712. The van der Waals surface area contributed by atoms with E-state index < -0.39 is 0 Å². The van der Waals surface area contributed by atoms with Crippen molar-refractivity contribution in [2.24, 2.45) is 0 Å². The molecule has 13 heavy (non-hydrogen) atoms. The maximum Gasteiger partial charge on any atom is -0.0282 e. The second-order valence-electron chi connectivity index (χ2n) is 2.91. The number of allylic oxidation sites excluding steroid dienone is 6. The van der Waals surface area contributed by atoms with Crippen LogP contribution in [0.15, 0.2) is 36.0 Å². The summed E-state index contributed by atoms with van der Waals surface area (Å²) >= 11 is 0. The van der Waals surface area contributed by atoms with Crippen molar-refractivity contribution in [1.82, 2.24) is 0 Å². The van der Waals surface area contributed by atoms with Gasteiger partial charge in [0.25, 0.3) is 0 Å². The van der Waals surface area contributed by atoms with Crippen LogP contribution in [0, 0.1) is 0 Å². The Morgan fingerprint density at radius 2 is 1.92 bits per heavy atom. The van der Waals surface area contributed by atoms with Crippen LogP contribution in [0.5, 0.6) is 0 Å². The molecule has 1 aliphatic rings. The number of hydrogen-bond donors (Lipinski definition) is 0. The van der Waals surface area contributed by atoms with E-state index in [0.29, 0.717) is 0 Å². The molecule has 0 aliphatic heterocycles.